The van der Waals surface area contributed by atoms with Crippen LogP contribution >= 0.6 is 0 Å². The van der Waals surface area contributed by atoms with Gasteiger partial charge >= 0.3 is 0 Å². The van der Waals surface area contributed by atoms with Crippen molar-refractivity contribution in [1.29, 1.82) is 0 Å². The Kier molecular flexibility index (Phi) is 4.65. The Labute approximate surface area is 155 Å². The van der Waals surface area contributed by atoms with Gasteiger partial charge in [0.2, 0.25) is 5.91 Å². The highest BCUT2D eigenvalue weighted by Gasteiger charge is 2.28. The number of hydrogen-bond acceptors (Lipinski definition) is 6. The maximum absolute atomic E-state index is 12.5. The molecule has 1 N–H and O–H groups in total. The lowest BCUT2D eigenvalue weighted by Crippen LogP contribution is -2.41. The summed E-state index contributed by atoms with van der Waals surface area (Å²) >= 11 is 0. The maximum Gasteiger partial charge on any atom is 0.289 e. The van der Waals surface area contributed by atoms with Crippen LogP contribution in [-0.4, -0.2) is 49.6 Å². The van der Waals surface area contributed by atoms with Gasteiger partial charge < -0.3 is 14.6 Å². The summed E-state index contributed by atoms with van der Waals surface area (Å²) in [5.41, 5.74) is 0.623. The number of hydrogen-bond donors (Lipinski definition) is 1. The highest BCUT2D eigenvalue weighted by molar-refractivity contribution is 5.93. The van der Waals surface area contributed by atoms with E-state index in [9.17, 15) is 9.59 Å². The van der Waals surface area contributed by atoms with E-state index in [1.165, 1.54) is 17.3 Å². The number of carbonyl (C=O) groups excluding carboxylic acids is 2. The number of carbonyl (C=O) groups is 2. The number of aromatic nitrogens is 4. The van der Waals surface area contributed by atoms with Gasteiger partial charge in [0.1, 0.15) is 12.7 Å². The monoisotopic (exact) mass is 366 g/mol. The van der Waals surface area contributed by atoms with Gasteiger partial charge in [0.15, 0.2) is 11.6 Å². The SMILES string of the molecule is O=C(Nc1ccc(-n2cncn2)nc1)C1CCN(C(=O)c2ccco2)CC1. The molecule has 3 aromatic rings. The van der Waals surface area contributed by atoms with Gasteiger partial charge in [0.05, 0.1) is 18.1 Å². The van der Waals surface area contributed by atoms with Gasteiger partial charge in [-0.1, -0.05) is 0 Å². The van der Waals surface area contributed by atoms with E-state index in [2.05, 4.69) is 20.4 Å². The molecule has 0 unspecified atom stereocenters. The van der Waals surface area contributed by atoms with Crippen molar-refractivity contribution < 1.29 is 14.0 Å². The standard InChI is InChI=1S/C18H18N6O3/c25-17(22-14-3-4-16(20-10-14)24-12-19-11-21-24)13-5-7-23(8-6-13)18(26)15-2-1-9-27-15/h1-4,9-13H,5-8H2,(H,22,25). The van der Waals surface area contributed by atoms with Crippen LogP contribution in [0.3, 0.4) is 0 Å². The first-order chi connectivity index (χ1) is 13.2. The van der Waals surface area contributed by atoms with Crippen molar-refractivity contribution in [2.24, 2.45) is 5.92 Å². The molecule has 1 fully saturated rings. The van der Waals surface area contributed by atoms with Crippen LogP contribution in [0.2, 0.25) is 0 Å². The molecule has 0 saturated carbocycles. The molecule has 0 aromatic carbocycles. The zero-order valence-corrected chi connectivity index (χ0v) is 14.5. The third-order valence-corrected chi connectivity index (χ3v) is 4.55. The molecule has 1 aliphatic rings. The number of nitrogens with one attached hydrogen (secondary N) is 1. The summed E-state index contributed by atoms with van der Waals surface area (Å²) in [4.78, 5) is 34.6. The molecule has 1 saturated heterocycles. The smallest absolute Gasteiger partial charge is 0.289 e. The maximum atomic E-state index is 12.5. The van der Waals surface area contributed by atoms with Crippen molar-refractivity contribution in [3.63, 3.8) is 0 Å². The molecule has 0 radical (unpaired) electrons. The van der Waals surface area contributed by atoms with E-state index in [-0.39, 0.29) is 17.7 Å². The number of piperidine rings is 1. The van der Waals surface area contributed by atoms with E-state index in [1.54, 1.807) is 41.7 Å². The molecule has 1 aliphatic heterocycles. The fourth-order valence-corrected chi connectivity index (χ4v) is 3.07. The summed E-state index contributed by atoms with van der Waals surface area (Å²) in [6.45, 7) is 1.06. The third kappa shape index (κ3) is 3.71. The normalized spacial score (nSPS) is 14.9. The van der Waals surface area contributed by atoms with E-state index < -0.39 is 0 Å². The lowest BCUT2D eigenvalue weighted by atomic mass is 9.95. The molecule has 9 nitrogen and oxygen atoms in total. The molecule has 3 aromatic heterocycles. The number of rotatable bonds is 4. The van der Waals surface area contributed by atoms with Crippen LogP contribution in [0.15, 0.2) is 53.8 Å². The number of anilines is 1. The van der Waals surface area contributed by atoms with Crippen molar-refractivity contribution in [1.82, 2.24) is 24.6 Å². The Bertz CT molecular complexity index is 897. The minimum absolute atomic E-state index is 0.0598. The zero-order valence-electron chi connectivity index (χ0n) is 14.5. The fourth-order valence-electron chi connectivity index (χ4n) is 3.07. The first-order valence-corrected chi connectivity index (χ1v) is 8.65. The summed E-state index contributed by atoms with van der Waals surface area (Å²) in [7, 11) is 0. The van der Waals surface area contributed by atoms with Gasteiger partial charge in [0.25, 0.3) is 5.91 Å². The molecule has 0 bridgehead atoms. The Morgan fingerprint density at radius 2 is 2.04 bits per heavy atom. The van der Waals surface area contributed by atoms with Gasteiger partial charge in [-0.2, -0.15) is 5.10 Å². The van der Waals surface area contributed by atoms with Crippen LogP contribution in [-0.2, 0) is 4.79 Å². The number of furan rings is 1. The van der Waals surface area contributed by atoms with Crippen LogP contribution in [0.1, 0.15) is 23.4 Å². The Balaban J connectivity index is 1.31. The average molecular weight is 366 g/mol. The van der Waals surface area contributed by atoms with Crippen LogP contribution in [0.25, 0.3) is 5.82 Å². The Morgan fingerprint density at radius 3 is 2.67 bits per heavy atom. The van der Waals surface area contributed by atoms with Gasteiger partial charge in [-0.05, 0) is 37.1 Å². The number of amides is 2. The Morgan fingerprint density at radius 1 is 1.19 bits per heavy atom. The molecular weight excluding hydrogens is 348 g/mol. The summed E-state index contributed by atoms with van der Waals surface area (Å²) < 4.78 is 6.69. The lowest BCUT2D eigenvalue weighted by molar-refractivity contribution is -0.121. The van der Waals surface area contributed by atoms with Gasteiger partial charge in [-0.15, -0.1) is 0 Å². The molecular formula is C18H18N6O3. The lowest BCUT2D eigenvalue weighted by Gasteiger charge is -2.30. The van der Waals surface area contributed by atoms with Crippen molar-refractivity contribution in [3.05, 3.63) is 55.1 Å². The summed E-state index contributed by atoms with van der Waals surface area (Å²) in [6.07, 6.45) is 7.28. The average Bonchev–Trinajstić information content (AvgIpc) is 3.42. The van der Waals surface area contributed by atoms with E-state index >= 15 is 0 Å². The second-order valence-corrected chi connectivity index (χ2v) is 6.28. The van der Waals surface area contributed by atoms with Crippen LogP contribution < -0.4 is 5.32 Å². The molecule has 0 aliphatic carbocycles. The minimum atomic E-state index is -0.138. The minimum Gasteiger partial charge on any atom is -0.459 e. The highest BCUT2D eigenvalue weighted by Crippen LogP contribution is 2.21. The van der Waals surface area contributed by atoms with Crippen LogP contribution in [0.4, 0.5) is 5.69 Å². The first-order valence-electron chi connectivity index (χ1n) is 8.65. The topological polar surface area (TPSA) is 106 Å². The molecule has 0 atom stereocenters. The molecule has 27 heavy (non-hydrogen) atoms. The van der Waals surface area contributed by atoms with E-state index in [0.717, 1.165) is 0 Å². The second-order valence-electron chi connectivity index (χ2n) is 6.28. The number of nitrogens with zero attached hydrogens (tertiary/aromatic N) is 5. The molecule has 9 heteroatoms. The van der Waals surface area contributed by atoms with Gasteiger partial charge in [-0.3, -0.25) is 9.59 Å². The van der Waals surface area contributed by atoms with Gasteiger partial charge in [-0.25, -0.2) is 14.6 Å². The largest absolute Gasteiger partial charge is 0.459 e. The van der Waals surface area contributed by atoms with E-state index in [0.29, 0.717) is 43.2 Å². The van der Waals surface area contributed by atoms with E-state index in [4.69, 9.17) is 4.42 Å². The molecule has 2 amide bonds. The predicted molar refractivity (Wildman–Crippen MR) is 95.1 cm³/mol. The zero-order chi connectivity index (χ0) is 18.6. The Hall–Kier alpha value is -3.49. The number of pyridine rings is 1. The van der Waals surface area contributed by atoms with Crippen molar-refractivity contribution in [2.45, 2.75) is 12.8 Å². The molecule has 4 rings (SSSR count). The molecule has 0 spiro atoms. The van der Waals surface area contributed by atoms with Gasteiger partial charge in [0, 0.05) is 19.0 Å². The molecule has 138 valence electrons. The van der Waals surface area contributed by atoms with Crippen LogP contribution in [0, 0.1) is 5.92 Å². The third-order valence-electron chi connectivity index (χ3n) is 4.55. The predicted octanol–water partition coefficient (Wildman–Crippen LogP) is 1.75. The van der Waals surface area contributed by atoms with Crippen molar-refractivity contribution >= 4 is 17.5 Å². The van der Waals surface area contributed by atoms with Crippen molar-refractivity contribution in [2.75, 3.05) is 18.4 Å². The second kappa shape index (κ2) is 7.40. The van der Waals surface area contributed by atoms with E-state index in [1.807, 2.05) is 0 Å². The first kappa shape index (κ1) is 17.0. The summed E-state index contributed by atoms with van der Waals surface area (Å²) in [5, 5.41) is 6.89. The quantitative estimate of drug-likeness (QED) is 0.754. The number of likely N-dealkylation sites (tertiary alicyclic amines) is 1. The summed E-state index contributed by atoms with van der Waals surface area (Å²) in [5.74, 6) is 0.620. The molecule has 4 heterocycles. The summed E-state index contributed by atoms with van der Waals surface area (Å²) in [6, 6.07) is 6.87. The highest BCUT2D eigenvalue weighted by atomic mass is 16.3. The van der Waals surface area contributed by atoms with Crippen molar-refractivity contribution in [3.8, 4) is 5.82 Å². The fraction of sp³-hybridized carbons (Fsp3) is 0.278. The van der Waals surface area contributed by atoms with Crippen LogP contribution in [0.5, 0.6) is 0 Å².